The van der Waals surface area contributed by atoms with Crippen molar-refractivity contribution in [2.45, 2.75) is 18.8 Å². The number of hydrogen-bond donors (Lipinski definition) is 3. The zero-order valence-electron chi connectivity index (χ0n) is 36.2. The molecule has 0 saturated heterocycles. The standard InChI is InChI=1S/C61H49N.H4N2/c1-3-5-6-11-28-48-29-14-19-36-55(48)61(56-37-20-21-38-58(56)62)57-43-49(41-42-54(57)59-52-34-17-15-32-50(52)51-33-16-18-35-53(51)60(59)61)45(23-4-2)30-22-31-47(46-26-12-8-13-27-46)40-39-44-24-9-7-10-25-44;1-2/h3-38,40-43H,1,39,62H2,2H3;1-2H2/b6-5-,23-4-,28-11-,31-22+,45-30+,47-40-;. The highest BCUT2D eigenvalue weighted by molar-refractivity contribution is 6.19. The molecule has 3 heteroatoms. The van der Waals surface area contributed by atoms with Gasteiger partial charge in [0.25, 0.3) is 0 Å². The highest BCUT2D eigenvalue weighted by Gasteiger charge is 2.50. The molecule has 6 N–H and O–H groups in total. The van der Waals surface area contributed by atoms with Gasteiger partial charge in [0, 0.05) is 5.69 Å². The molecule has 9 rings (SSSR count). The van der Waals surface area contributed by atoms with Crippen LogP contribution in [0.4, 0.5) is 5.69 Å². The third-order valence-electron chi connectivity index (χ3n) is 12.1. The Morgan fingerprint density at radius 1 is 0.547 bits per heavy atom. The first-order chi connectivity index (χ1) is 31.6. The molecule has 0 heterocycles. The zero-order valence-corrected chi connectivity index (χ0v) is 36.2. The molecule has 0 fully saturated rings. The monoisotopic (exact) mass is 827 g/mol. The summed E-state index contributed by atoms with van der Waals surface area (Å²) in [5, 5.41) is 4.92. The van der Waals surface area contributed by atoms with E-state index in [1.807, 2.05) is 18.2 Å². The summed E-state index contributed by atoms with van der Waals surface area (Å²) >= 11 is 0. The number of fused-ring (bicyclic) bond motifs is 8. The van der Waals surface area contributed by atoms with Gasteiger partial charge >= 0.3 is 0 Å². The van der Waals surface area contributed by atoms with Gasteiger partial charge in [0.15, 0.2) is 0 Å². The van der Waals surface area contributed by atoms with Crippen LogP contribution in [0.1, 0.15) is 51.4 Å². The van der Waals surface area contributed by atoms with E-state index in [1.54, 1.807) is 6.08 Å². The van der Waals surface area contributed by atoms with Crippen LogP contribution in [-0.4, -0.2) is 0 Å². The average molecular weight is 828 g/mol. The molecular formula is C61H53N3. The van der Waals surface area contributed by atoms with Crippen LogP contribution in [0.3, 0.4) is 0 Å². The molecule has 3 nitrogen and oxygen atoms in total. The van der Waals surface area contributed by atoms with Crippen LogP contribution in [0.5, 0.6) is 0 Å². The van der Waals surface area contributed by atoms with Crippen LogP contribution in [-0.2, 0) is 11.8 Å². The Labute approximate surface area is 377 Å². The van der Waals surface area contributed by atoms with Crippen LogP contribution in [0, 0.1) is 0 Å². The molecule has 1 aliphatic rings. The fourth-order valence-corrected chi connectivity index (χ4v) is 9.46. The first-order valence-corrected chi connectivity index (χ1v) is 21.8. The quantitative estimate of drug-likeness (QED) is 0.0377. The van der Waals surface area contributed by atoms with Crippen molar-refractivity contribution in [3.63, 3.8) is 0 Å². The van der Waals surface area contributed by atoms with Crippen LogP contribution < -0.4 is 17.4 Å². The molecule has 0 bridgehead atoms. The van der Waals surface area contributed by atoms with Crippen molar-refractivity contribution >= 4 is 44.5 Å². The summed E-state index contributed by atoms with van der Waals surface area (Å²) in [6, 6.07) is 63.5. The molecule has 0 aromatic heterocycles. The fraction of sp³-hybridized carbons (Fsp3) is 0.0492. The minimum absolute atomic E-state index is 0.752. The Bertz CT molecular complexity index is 3130. The first kappa shape index (κ1) is 42.9. The van der Waals surface area contributed by atoms with Gasteiger partial charge in [-0.2, -0.15) is 0 Å². The molecule has 0 amide bonds. The number of hydrogen-bond acceptors (Lipinski definition) is 3. The van der Waals surface area contributed by atoms with Crippen molar-refractivity contribution < 1.29 is 0 Å². The minimum Gasteiger partial charge on any atom is -0.398 e. The van der Waals surface area contributed by atoms with E-state index in [1.165, 1.54) is 66.1 Å². The van der Waals surface area contributed by atoms with Gasteiger partial charge in [0.2, 0.25) is 0 Å². The van der Waals surface area contributed by atoms with Crippen molar-refractivity contribution in [1.29, 1.82) is 0 Å². The number of rotatable bonds is 12. The highest BCUT2D eigenvalue weighted by Crippen LogP contribution is 2.62. The molecular weight excluding hydrogens is 775 g/mol. The summed E-state index contributed by atoms with van der Waals surface area (Å²) in [5.41, 5.74) is 21.4. The lowest BCUT2D eigenvalue weighted by atomic mass is 9.64. The molecule has 8 aromatic carbocycles. The molecule has 0 saturated carbocycles. The Balaban J connectivity index is 0.00000276. The van der Waals surface area contributed by atoms with Gasteiger partial charge in [-0.05, 0) is 114 Å². The molecule has 312 valence electrons. The molecule has 1 atom stereocenters. The topological polar surface area (TPSA) is 78.1 Å². The lowest BCUT2D eigenvalue weighted by Crippen LogP contribution is -2.31. The van der Waals surface area contributed by atoms with Crippen LogP contribution in [0.15, 0.2) is 243 Å². The normalized spacial score (nSPS) is 15.0. The summed E-state index contributed by atoms with van der Waals surface area (Å²) in [5.74, 6) is 8.00. The Morgan fingerprint density at radius 3 is 1.89 bits per heavy atom. The molecule has 1 aliphatic carbocycles. The molecule has 0 spiro atoms. The van der Waals surface area contributed by atoms with Gasteiger partial charge in [0.05, 0.1) is 5.41 Å². The minimum atomic E-state index is -0.781. The second-order valence-corrected chi connectivity index (χ2v) is 15.7. The molecule has 0 radical (unpaired) electrons. The van der Waals surface area contributed by atoms with E-state index in [2.05, 4.69) is 244 Å². The van der Waals surface area contributed by atoms with Gasteiger partial charge in [-0.15, -0.1) is 0 Å². The van der Waals surface area contributed by atoms with Crippen LogP contribution >= 0.6 is 0 Å². The van der Waals surface area contributed by atoms with E-state index in [4.69, 9.17) is 5.73 Å². The summed E-state index contributed by atoms with van der Waals surface area (Å²) in [7, 11) is 0. The lowest BCUT2D eigenvalue weighted by molar-refractivity contribution is 0.776. The first-order valence-electron chi connectivity index (χ1n) is 21.8. The van der Waals surface area contributed by atoms with E-state index < -0.39 is 5.41 Å². The molecule has 1 unspecified atom stereocenters. The van der Waals surface area contributed by atoms with Gasteiger partial charge < -0.3 is 5.73 Å². The number of hydrazine groups is 1. The van der Waals surface area contributed by atoms with E-state index >= 15 is 0 Å². The van der Waals surface area contributed by atoms with Crippen LogP contribution in [0.25, 0.3) is 49.9 Å². The molecule has 0 aliphatic heterocycles. The second-order valence-electron chi connectivity index (χ2n) is 15.7. The summed E-state index contributed by atoms with van der Waals surface area (Å²) in [4.78, 5) is 0. The number of nitrogens with two attached hydrogens (primary N) is 3. The van der Waals surface area contributed by atoms with Crippen molar-refractivity contribution in [2.24, 2.45) is 11.7 Å². The average Bonchev–Trinajstić information content (AvgIpc) is 3.66. The number of allylic oxidation sites excluding steroid dienone is 12. The molecule has 64 heavy (non-hydrogen) atoms. The van der Waals surface area contributed by atoms with Crippen molar-refractivity contribution in [3.05, 3.63) is 288 Å². The van der Waals surface area contributed by atoms with Crippen LogP contribution in [0.2, 0.25) is 0 Å². The lowest BCUT2D eigenvalue weighted by Gasteiger charge is -2.37. The van der Waals surface area contributed by atoms with E-state index in [9.17, 15) is 0 Å². The van der Waals surface area contributed by atoms with Gasteiger partial charge in [-0.25, -0.2) is 0 Å². The number of nitrogen functional groups attached to an aromatic ring is 1. The van der Waals surface area contributed by atoms with Crippen molar-refractivity contribution in [2.75, 3.05) is 5.73 Å². The van der Waals surface area contributed by atoms with Gasteiger partial charge in [-0.1, -0.05) is 237 Å². The Hall–Kier alpha value is -7.82. The maximum absolute atomic E-state index is 7.26. The Morgan fingerprint density at radius 2 is 1.17 bits per heavy atom. The van der Waals surface area contributed by atoms with E-state index in [0.717, 1.165) is 34.4 Å². The smallest absolute Gasteiger partial charge is 0.0745 e. The predicted octanol–water partition coefficient (Wildman–Crippen LogP) is 14.4. The third kappa shape index (κ3) is 8.14. The summed E-state index contributed by atoms with van der Waals surface area (Å²) in [6.45, 7) is 5.99. The summed E-state index contributed by atoms with van der Waals surface area (Å²) < 4.78 is 0. The summed E-state index contributed by atoms with van der Waals surface area (Å²) in [6.07, 6.45) is 24.3. The van der Waals surface area contributed by atoms with Crippen molar-refractivity contribution in [3.8, 4) is 11.1 Å². The Kier molecular flexibility index (Phi) is 13.3. The fourth-order valence-electron chi connectivity index (χ4n) is 9.46. The number of anilines is 1. The largest absolute Gasteiger partial charge is 0.398 e. The van der Waals surface area contributed by atoms with Crippen molar-refractivity contribution in [1.82, 2.24) is 0 Å². The van der Waals surface area contributed by atoms with E-state index in [-0.39, 0.29) is 0 Å². The van der Waals surface area contributed by atoms with Gasteiger partial charge in [-0.3, -0.25) is 11.7 Å². The number of benzene rings is 8. The second kappa shape index (κ2) is 19.9. The maximum atomic E-state index is 7.26. The van der Waals surface area contributed by atoms with E-state index in [0.29, 0.717) is 0 Å². The number of para-hydroxylation sites is 1. The maximum Gasteiger partial charge on any atom is 0.0745 e. The van der Waals surface area contributed by atoms with Gasteiger partial charge in [0.1, 0.15) is 0 Å². The predicted molar refractivity (Wildman–Crippen MR) is 276 cm³/mol. The molecule has 8 aromatic rings. The SMILES string of the molecule is C=C/C=C\C=C/c1ccccc1C1(c2ccccc2N)c2cc(C(/C=C\C)=C/C=C/C(=C/Cc3ccccc3)c3ccccc3)ccc2-c2c1c1ccccc1c1ccccc21.NN. The zero-order chi connectivity index (χ0) is 44.3. The highest BCUT2D eigenvalue weighted by atomic mass is 15.0. The third-order valence-corrected chi connectivity index (χ3v) is 12.1.